The van der Waals surface area contributed by atoms with E-state index in [0.717, 1.165) is 6.42 Å². The van der Waals surface area contributed by atoms with Crippen LogP contribution in [0.3, 0.4) is 0 Å². The van der Waals surface area contributed by atoms with Crippen LogP contribution in [0.25, 0.3) is 0 Å². The van der Waals surface area contributed by atoms with Gasteiger partial charge in [-0.3, -0.25) is 0 Å². The zero-order chi connectivity index (χ0) is 7.11. The maximum Gasteiger partial charge on any atom is -0.0374 e. The number of allylic oxidation sites excluding steroid dienone is 5. The molecule has 0 aromatic carbocycles. The lowest BCUT2D eigenvalue weighted by Gasteiger charge is -1.85. The molecule has 0 aliphatic rings. The largest absolute Gasteiger partial charge is 0.0991 e. The molecule has 0 fully saturated rings. The van der Waals surface area contributed by atoms with Gasteiger partial charge in [0.2, 0.25) is 0 Å². The molecule has 10 heavy (non-hydrogen) atoms. The summed E-state index contributed by atoms with van der Waals surface area (Å²) in [4.78, 5) is 0. The van der Waals surface area contributed by atoms with E-state index in [1.165, 1.54) is 5.57 Å². The maximum absolute atomic E-state index is 3.58. The molecular weight excluding hydrogens is 120 g/mol. The normalized spacial score (nSPS) is 11.2. The first-order valence-electron chi connectivity index (χ1n) is 3.27. The fourth-order valence-electron chi connectivity index (χ4n) is 0.610. The minimum Gasteiger partial charge on any atom is -0.0991 e. The SMILES string of the molecule is C.C=C/C=C\C(C)=C/CC. The fraction of sp³-hybridized carbons (Fsp3) is 0.400. The molecule has 0 aromatic rings. The van der Waals surface area contributed by atoms with Crippen LogP contribution >= 0.6 is 0 Å². The van der Waals surface area contributed by atoms with Gasteiger partial charge in [-0.05, 0) is 13.3 Å². The van der Waals surface area contributed by atoms with E-state index in [1.54, 1.807) is 6.08 Å². The van der Waals surface area contributed by atoms with Crippen LogP contribution in [0.2, 0.25) is 0 Å². The van der Waals surface area contributed by atoms with Crippen molar-refractivity contribution in [3.8, 4) is 0 Å². The smallest absolute Gasteiger partial charge is 0.0374 e. The van der Waals surface area contributed by atoms with Gasteiger partial charge in [0.15, 0.2) is 0 Å². The number of rotatable bonds is 3. The molecule has 0 aliphatic carbocycles. The van der Waals surface area contributed by atoms with E-state index in [1.807, 2.05) is 6.08 Å². The third-order valence-corrected chi connectivity index (χ3v) is 1.02. The zero-order valence-electron chi connectivity index (χ0n) is 6.22. The number of hydrogen-bond donors (Lipinski definition) is 0. The van der Waals surface area contributed by atoms with Gasteiger partial charge < -0.3 is 0 Å². The third kappa shape index (κ3) is 7.22. The summed E-state index contributed by atoms with van der Waals surface area (Å²) in [6, 6.07) is 0. The van der Waals surface area contributed by atoms with Crippen LogP contribution in [0.4, 0.5) is 0 Å². The van der Waals surface area contributed by atoms with E-state index < -0.39 is 0 Å². The summed E-state index contributed by atoms with van der Waals surface area (Å²) in [7, 11) is 0. The van der Waals surface area contributed by atoms with Gasteiger partial charge in [-0.25, -0.2) is 0 Å². The van der Waals surface area contributed by atoms with Gasteiger partial charge in [0.25, 0.3) is 0 Å². The lowest BCUT2D eigenvalue weighted by atomic mass is 10.2. The summed E-state index contributed by atoms with van der Waals surface area (Å²) in [5.74, 6) is 0. The quantitative estimate of drug-likeness (QED) is 0.521. The minimum atomic E-state index is 0. The second-order valence-electron chi connectivity index (χ2n) is 1.95. The highest BCUT2D eigenvalue weighted by atomic mass is 13.8. The Morgan fingerprint density at radius 1 is 1.50 bits per heavy atom. The highest BCUT2D eigenvalue weighted by molar-refractivity contribution is 5.18. The summed E-state index contributed by atoms with van der Waals surface area (Å²) < 4.78 is 0. The number of hydrogen-bond acceptors (Lipinski definition) is 0. The summed E-state index contributed by atoms with van der Waals surface area (Å²) in [5, 5.41) is 0. The molecule has 0 N–H and O–H groups in total. The summed E-state index contributed by atoms with van der Waals surface area (Å²) in [5.41, 5.74) is 1.30. The van der Waals surface area contributed by atoms with Gasteiger partial charge >= 0.3 is 0 Å². The molecule has 0 saturated carbocycles. The molecule has 0 bridgehead atoms. The first kappa shape index (κ1) is 12.0. The van der Waals surface area contributed by atoms with Crippen molar-refractivity contribution < 1.29 is 0 Å². The van der Waals surface area contributed by atoms with E-state index in [0.29, 0.717) is 0 Å². The highest BCUT2D eigenvalue weighted by Crippen LogP contribution is 1.95. The van der Waals surface area contributed by atoms with Crippen molar-refractivity contribution in [3.05, 3.63) is 36.5 Å². The standard InChI is InChI=1S/C9H14.CH4/c1-4-6-8-9(3)7-5-2;/h4,6-8H,1,5H2,2-3H3;1H4/b8-6-,9-7-;. The molecule has 0 unspecified atom stereocenters. The lowest BCUT2D eigenvalue weighted by molar-refractivity contribution is 1.20. The molecular formula is C10H18. The van der Waals surface area contributed by atoms with E-state index in [9.17, 15) is 0 Å². The molecule has 0 rings (SSSR count). The highest BCUT2D eigenvalue weighted by Gasteiger charge is 1.74. The third-order valence-electron chi connectivity index (χ3n) is 1.02. The molecule has 0 nitrogen and oxygen atoms in total. The van der Waals surface area contributed by atoms with E-state index >= 15 is 0 Å². The van der Waals surface area contributed by atoms with Crippen LogP contribution in [0.15, 0.2) is 36.5 Å². The Hall–Kier alpha value is -0.780. The monoisotopic (exact) mass is 138 g/mol. The van der Waals surface area contributed by atoms with Crippen LogP contribution in [-0.4, -0.2) is 0 Å². The Morgan fingerprint density at radius 2 is 2.10 bits per heavy atom. The molecule has 0 atom stereocenters. The molecule has 0 radical (unpaired) electrons. The first-order valence-corrected chi connectivity index (χ1v) is 3.27. The van der Waals surface area contributed by atoms with Crippen molar-refractivity contribution in [2.75, 3.05) is 0 Å². The van der Waals surface area contributed by atoms with Crippen molar-refractivity contribution >= 4 is 0 Å². The minimum absolute atomic E-state index is 0. The topological polar surface area (TPSA) is 0 Å². The van der Waals surface area contributed by atoms with Crippen molar-refractivity contribution in [2.24, 2.45) is 0 Å². The van der Waals surface area contributed by atoms with Crippen molar-refractivity contribution in [1.29, 1.82) is 0 Å². The van der Waals surface area contributed by atoms with Gasteiger partial charge in [0.1, 0.15) is 0 Å². The average molecular weight is 138 g/mol. The van der Waals surface area contributed by atoms with Crippen LogP contribution < -0.4 is 0 Å². The van der Waals surface area contributed by atoms with E-state index in [4.69, 9.17) is 0 Å². The van der Waals surface area contributed by atoms with Gasteiger partial charge in [-0.2, -0.15) is 0 Å². The van der Waals surface area contributed by atoms with Gasteiger partial charge in [0.05, 0.1) is 0 Å². The van der Waals surface area contributed by atoms with Crippen molar-refractivity contribution in [1.82, 2.24) is 0 Å². The molecule has 0 heterocycles. The van der Waals surface area contributed by atoms with Crippen molar-refractivity contribution in [2.45, 2.75) is 27.7 Å². The predicted octanol–water partition coefficient (Wildman–Crippen LogP) is 3.72. The first-order chi connectivity index (χ1) is 4.31. The van der Waals surface area contributed by atoms with Crippen molar-refractivity contribution in [3.63, 3.8) is 0 Å². The molecule has 58 valence electrons. The molecule has 0 spiro atoms. The maximum atomic E-state index is 3.58. The Kier molecular flexibility index (Phi) is 9.82. The Labute approximate surface area is 65.0 Å². The zero-order valence-corrected chi connectivity index (χ0v) is 6.22. The second-order valence-corrected chi connectivity index (χ2v) is 1.95. The molecule has 0 aromatic heterocycles. The van der Waals surface area contributed by atoms with Crippen LogP contribution in [-0.2, 0) is 0 Å². The average Bonchev–Trinajstić information content (AvgIpc) is 1.85. The van der Waals surface area contributed by atoms with Crippen LogP contribution in [0.5, 0.6) is 0 Å². The molecule has 0 heteroatoms. The summed E-state index contributed by atoms with van der Waals surface area (Å²) in [6.07, 6.45) is 9.07. The van der Waals surface area contributed by atoms with Crippen LogP contribution in [0, 0.1) is 0 Å². The Morgan fingerprint density at radius 3 is 2.50 bits per heavy atom. The lowest BCUT2D eigenvalue weighted by Crippen LogP contribution is -1.64. The molecule has 0 amide bonds. The molecule has 0 aliphatic heterocycles. The molecule has 0 saturated heterocycles. The van der Waals surface area contributed by atoms with Gasteiger partial charge in [-0.1, -0.05) is 50.8 Å². The van der Waals surface area contributed by atoms with E-state index in [2.05, 4.69) is 32.6 Å². The fourth-order valence-corrected chi connectivity index (χ4v) is 0.610. The van der Waals surface area contributed by atoms with Gasteiger partial charge in [-0.15, -0.1) is 0 Å². The second kappa shape index (κ2) is 8.22. The Bertz CT molecular complexity index is 127. The summed E-state index contributed by atoms with van der Waals surface area (Å²) in [6.45, 7) is 7.80. The van der Waals surface area contributed by atoms with Gasteiger partial charge in [0, 0.05) is 0 Å². The van der Waals surface area contributed by atoms with Crippen LogP contribution in [0.1, 0.15) is 27.7 Å². The predicted molar refractivity (Wildman–Crippen MR) is 50.1 cm³/mol. The Balaban J connectivity index is 0. The summed E-state index contributed by atoms with van der Waals surface area (Å²) >= 11 is 0. The van der Waals surface area contributed by atoms with E-state index in [-0.39, 0.29) is 7.43 Å².